The number of aromatic nitrogens is 3. The van der Waals surface area contributed by atoms with E-state index in [1.165, 1.54) is 32.1 Å². The van der Waals surface area contributed by atoms with Crippen molar-refractivity contribution in [2.24, 2.45) is 12.0 Å². The van der Waals surface area contributed by atoms with Crippen molar-refractivity contribution in [2.75, 3.05) is 32.7 Å². The van der Waals surface area contributed by atoms with Crippen LogP contribution in [0.15, 0.2) is 4.99 Å². The van der Waals surface area contributed by atoms with E-state index in [2.05, 4.69) is 32.2 Å². The van der Waals surface area contributed by atoms with Crippen LogP contribution in [-0.2, 0) is 13.6 Å². The maximum atomic E-state index is 4.81. The Balaban J connectivity index is 0.00000243. The summed E-state index contributed by atoms with van der Waals surface area (Å²) in [5, 5.41) is 11.8. The third-order valence-corrected chi connectivity index (χ3v) is 5.59. The van der Waals surface area contributed by atoms with Crippen LogP contribution in [0.2, 0.25) is 0 Å². The minimum Gasteiger partial charge on any atom is -0.357 e. The molecule has 1 aromatic rings. The third-order valence-electron chi connectivity index (χ3n) is 5.59. The van der Waals surface area contributed by atoms with Gasteiger partial charge in [0.25, 0.3) is 0 Å². The lowest BCUT2D eigenvalue weighted by atomic mass is 9.94. The van der Waals surface area contributed by atoms with Gasteiger partial charge in [0.2, 0.25) is 0 Å². The highest BCUT2D eigenvalue weighted by atomic mass is 127. The summed E-state index contributed by atoms with van der Waals surface area (Å²) >= 11 is 0. The Bertz CT molecular complexity index is 572. The lowest BCUT2D eigenvalue weighted by Gasteiger charge is -2.41. The number of aryl methyl sites for hydroxylation is 1. The molecule has 0 spiro atoms. The first-order chi connectivity index (χ1) is 12.2. The monoisotopic (exact) mass is 475 g/mol. The second kappa shape index (κ2) is 10.4. The molecule has 0 unspecified atom stereocenters. The van der Waals surface area contributed by atoms with Crippen molar-refractivity contribution in [1.82, 2.24) is 29.9 Å². The van der Waals surface area contributed by atoms with Gasteiger partial charge in [-0.05, 0) is 26.7 Å². The van der Waals surface area contributed by atoms with Crippen molar-refractivity contribution in [1.29, 1.82) is 0 Å². The third kappa shape index (κ3) is 5.31. The predicted molar refractivity (Wildman–Crippen MR) is 116 cm³/mol. The largest absolute Gasteiger partial charge is 0.357 e. The summed E-state index contributed by atoms with van der Waals surface area (Å²) in [6.07, 6.45) is 7.02. The minimum atomic E-state index is 0. The summed E-state index contributed by atoms with van der Waals surface area (Å²) in [6, 6.07) is 0.817. The highest BCUT2D eigenvalue weighted by Gasteiger charge is 2.26. The van der Waals surface area contributed by atoms with E-state index in [9.17, 15) is 0 Å². The molecule has 1 saturated carbocycles. The zero-order valence-electron chi connectivity index (χ0n) is 16.4. The number of hydrogen-bond donors (Lipinski definition) is 1. The highest BCUT2D eigenvalue weighted by Crippen LogP contribution is 2.23. The fourth-order valence-electron chi connectivity index (χ4n) is 3.91. The zero-order chi connectivity index (χ0) is 17.6. The van der Waals surface area contributed by atoms with Gasteiger partial charge >= 0.3 is 0 Å². The first-order valence-corrected chi connectivity index (χ1v) is 9.81. The fourth-order valence-corrected chi connectivity index (χ4v) is 3.91. The molecule has 1 aliphatic carbocycles. The van der Waals surface area contributed by atoms with E-state index >= 15 is 0 Å². The summed E-state index contributed by atoms with van der Waals surface area (Å²) in [4.78, 5) is 9.90. The highest BCUT2D eigenvalue weighted by molar-refractivity contribution is 14.0. The molecule has 0 atom stereocenters. The smallest absolute Gasteiger partial charge is 0.194 e. The standard InChI is InChI=1S/C18H33N7.HI/c1-4-19-18(20-14-17-22-21-15(2)23(17)3)25-12-10-24(11-13-25)16-8-6-5-7-9-16;/h16H,4-14H2,1-3H3,(H,19,20);1H. The molecule has 2 aliphatic rings. The average molecular weight is 475 g/mol. The summed E-state index contributed by atoms with van der Waals surface area (Å²) in [6.45, 7) is 9.97. The van der Waals surface area contributed by atoms with Gasteiger partial charge in [0.1, 0.15) is 12.4 Å². The van der Waals surface area contributed by atoms with E-state index in [0.29, 0.717) is 6.54 Å². The molecule has 3 rings (SSSR count). The van der Waals surface area contributed by atoms with E-state index in [0.717, 1.165) is 56.4 Å². The van der Waals surface area contributed by atoms with Crippen LogP contribution in [0.25, 0.3) is 0 Å². The number of guanidine groups is 1. The van der Waals surface area contributed by atoms with E-state index in [4.69, 9.17) is 4.99 Å². The van der Waals surface area contributed by atoms with Crippen LogP contribution in [0.5, 0.6) is 0 Å². The average Bonchev–Trinajstić information content (AvgIpc) is 2.98. The predicted octanol–water partition coefficient (Wildman–Crippen LogP) is 2.16. The van der Waals surface area contributed by atoms with E-state index in [-0.39, 0.29) is 24.0 Å². The Labute approximate surface area is 174 Å². The molecule has 148 valence electrons. The Hall–Kier alpha value is -0.900. The van der Waals surface area contributed by atoms with E-state index in [1.54, 1.807) is 0 Å². The number of aliphatic imine (C=N–C) groups is 1. The summed E-state index contributed by atoms with van der Waals surface area (Å²) in [5.74, 6) is 2.84. The van der Waals surface area contributed by atoms with Gasteiger partial charge in [0.05, 0.1) is 0 Å². The van der Waals surface area contributed by atoms with Gasteiger partial charge in [-0.3, -0.25) is 4.90 Å². The SMILES string of the molecule is CCNC(=NCc1nnc(C)n1C)N1CCN(C2CCCCC2)CC1.I. The van der Waals surface area contributed by atoms with Gasteiger partial charge in [-0.25, -0.2) is 4.99 Å². The van der Waals surface area contributed by atoms with Gasteiger partial charge < -0.3 is 14.8 Å². The molecular weight excluding hydrogens is 441 g/mol. The lowest BCUT2D eigenvalue weighted by Crippen LogP contribution is -2.55. The van der Waals surface area contributed by atoms with E-state index in [1.807, 2.05) is 18.5 Å². The number of piperazine rings is 1. The second-order valence-electron chi connectivity index (χ2n) is 7.21. The molecular formula is C18H34IN7. The number of halogens is 1. The van der Waals surface area contributed by atoms with Crippen LogP contribution < -0.4 is 5.32 Å². The van der Waals surface area contributed by atoms with Crippen LogP contribution in [-0.4, -0.2) is 69.3 Å². The summed E-state index contributed by atoms with van der Waals surface area (Å²) < 4.78 is 2.01. The van der Waals surface area contributed by atoms with Crippen LogP contribution in [0.3, 0.4) is 0 Å². The van der Waals surface area contributed by atoms with Crippen molar-refractivity contribution in [3.63, 3.8) is 0 Å². The Kier molecular flexibility index (Phi) is 8.59. The lowest BCUT2D eigenvalue weighted by molar-refractivity contribution is 0.106. The van der Waals surface area contributed by atoms with Gasteiger partial charge in [-0.15, -0.1) is 34.2 Å². The summed E-state index contributed by atoms with van der Waals surface area (Å²) in [5.41, 5.74) is 0. The molecule has 2 heterocycles. The molecule has 1 N–H and O–H groups in total. The zero-order valence-corrected chi connectivity index (χ0v) is 18.8. The summed E-state index contributed by atoms with van der Waals surface area (Å²) in [7, 11) is 2.00. The maximum absolute atomic E-state index is 4.81. The number of nitrogens with zero attached hydrogens (tertiary/aromatic N) is 6. The van der Waals surface area contributed by atoms with Crippen molar-refractivity contribution in [3.05, 3.63) is 11.6 Å². The molecule has 7 nitrogen and oxygen atoms in total. The van der Waals surface area contributed by atoms with Gasteiger partial charge in [-0.1, -0.05) is 19.3 Å². The minimum absolute atomic E-state index is 0. The molecule has 1 saturated heterocycles. The molecule has 0 amide bonds. The normalized spacial score (nSPS) is 20.1. The van der Waals surface area contributed by atoms with Crippen molar-refractivity contribution in [2.45, 2.75) is 58.5 Å². The van der Waals surface area contributed by atoms with Gasteiger partial charge in [0, 0.05) is 45.8 Å². The Morgan fingerprint density at radius 3 is 2.38 bits per heavy atom. The topological polar surface area (TPSA) is 61.6 Å². The molecule has 8 heteroatoms. The quantitative estimate of drug-likeness (QED) is 0.411. The van der Waals surface area contributed by atoms with Crippen molar-refractivity contribution < 1.29 is 0 Å². The van der Waals surface area contributed by atoms with Crippen molar-refractivity contribution >= 4 is 29.9 Å². The first kappa shape index (κ1) is 21.4. The molecule has 0 radical (unpaired) electrons. The van der Waals surface area contributed by atoms with Gasteiger partial charge in [-0.2, -0.15) is 0 Å². The number of nitrogens with one attached hydrogen (secondary N) is 1. The second-order valence-corrected chi connectivity index (χ2v) is 7.21. The Morgan fingerprint density at radius 2 is 1.81 bits per heavy atom. The van der Waals surface area contributed by atoms with Crippen LogP contribution in [0.1, 0.15) is 50.7 Å². The Morgan fingerprint density at radius 1 is 1.12 bits per heavy atom. The number of hydrogen-bond acceptors (Lipinski definition) is 4. The van der Waals surface area contributed by atoms with Crippen LogP contribution in [0.4, 0.5) is 0 Å². The van der Waals surface area contributed by atoms with Crippen molar-refractivity contribution in [3.8, 4) is 0 Å². The number of rotatable bonds is 4. The van der Waals surface area contributed by atoms with Crippen LogP contribution >= 0.6 is 24.0 Å². The molecule has 1 aliphatic heterocycles. The molecule has 0 bridgehead atoms. The molecule has 0 aromatic carbocycles. The molecule has 26 heavy (non-hydrogen) atoms. The van der Waals surface area contributed by atoms with Gasteiger partial charge in [0.15, 0.2) is 11.8 Å². The van der Waals surface area contributed by atoms with Crippen LogP contribution in [0, 0.1) is 6.92 Å². The maximum Gasteiger partial charge on any atom is 0.194 e. The molecule has 1 aromatic heterocycles. The van der Waals surface area contributed by atoms with E-state index < -0.39 is 0 Å². The molecule has 2 fully saturated rings. The fraction of sp³-hybridized carbons (Fsp3) is 0.833. The first-order valence-electron chi connectivity index (χ1n) is 9.81.